The van der Waals surface area contributed by atoms with Crippen molar-refractivity contribution in [1.82, 2.24) is 5.32 Å². The summed E-state index contributed by atoms with van der Waals surface area (Å²) in [5.41, 5.74) is 0.901. The summed E-state index contributed by atoms with van der Waals surface area (Å²) in [7, 11) is 0. The molecule has 0 aromatic carbocycles. The lowest BCUT2D eigenvalue weighted by molar-refractivity contribution is -0.125. The summed E-state index contributed by atoms with van der Waals surface area (Å²) >= 11 is 1.56. The number of anilines is 1. The first kappa shape index (κ1) is 12.1. The average molecular weight is 252 g/mol. The zero-order valence-electron chi connectivity index (χ0n) is 9.81. The summed E-state index contributed by atoms with van der Waals surface area (Å²) in [6.45, 7) is 2.49. The monoisotopic (exact) mass is 252 g/mol. The third-order valence-corrected chi connectivity index (χ3v) is 3.53. The molecule has 2 heterocycles. The van der Waals surface area contributed by atoms with Gasteiger partial charge in [-0.2, -0.15) is 11.3 Å². The van der Waals surface area contributed by atoms with Crippen molar-refractivity contribution in [2.45, 2.75) is 32.2 Å². The highest BCUT2D eigenvalue weighted by atomic mass is 32.1. The van der Waals surface area contributed by atoms with Gasteiger partial charge in [-0.1, -0.05) is 13.3 Å². The molecule has 0 aliphatic carbocycles. The number of hydrogen-bond acceptors (Lipinski definition) is 3. The van der Waals surface area contributed by atoms with Crippen molar-refractivity contribution in [3.63, 3.8) is 0 Å². The third kappa shape index (κ3) is 2.66. The first-order valence-electron chi connectivity index (χ1n) is 5.85. The third-order valence-electron chi connectivity index (χ3n) is 2.86. The van der Waals surface area contributed by atoms with Gasteiger partial charge in [0.25, 0.3) is 0 Å². The van der Waals surface area contributed by atoms with E-state index in [-0.39, 0.29) is 17.9 Å². The molecule has 1 aliphatic rings. The Morgan fingerprint density at radius 2 is 2.35 bits per heavy atom. The van der Waals surface area contributed by atoms with Crippen LogP contribution < -0.4 is 10.2 Å². The molecule has 1 fully saturated rings. The largest absolute Gasteiger partial charge is 0.344 e. The van der Waals surface area contributed by atoms with Gasteiger partial charge in [0, 0.05) is 18.3 Å². The first-order valence-corrected chi connectivity index (χ1v) is 6.79. The van der Waals surface area contributed by atoms with E-state index in [0.29, 0.717) is 19.4 Å². The molecule has 4 nitrogen and oxygen atoms in total. The van der Waals surface area contributed by atoms with E-state index in [0.717, 1.165) is 12.1 Å². The van der Waals surface area contributed by atoms with Gasteiger partial charge < -0.3 is 10.2 Å². The number of carbonyl (C=O) groups excluding carboxylic acids is 2. The molecule has 92 valence electrons. The Morgan fingerprint density at radius 3 is 3.00 bits per heavy atom. The molecule has 2 amide bonds. The Labute approximate surface area is 105 Å². The molecule has 0 saturated carbocycles. The topological polar surface area (TPSA) is 49.4 Å². The van der Waals surface area contributed by atoms with E-state index < -0.39 is 0 Å². The second-order valence-electron chi connectivity index (χ2n) is 4.13. The summed E-state index contributed by atoms with van der Waals surface area (Å²) in [5.74, 6) is -0.0226. The van der Waals surface area contributed by atoms with Crippen molar-refractivity contribution >= 4 is 28.8 Å². The van der Waals surface area contributed by atoms with Crippen LogP contribution in [0.3, 0.4) is 0 Å². The molecule has 1 aromatic heterocycles. The highest BCUT2D eigenvalue weighted by Crippen LogP contribution is 2.21. The Kier molecular flexibility index (Phi) is 3.78. The lowest BCUT2D eigenvalue weighted by atomic mass is 10.1. The van der Waals surface area contributed by atoms with E-state index in [1.54, 1.807) is 16.2 Å². The molecule has 1 unspecified atom stereocenters. The summed E-state index contributed by atoms with van der Waals surface area (Å²) < 4.78 is 0. The number of rotatable bonds is 3. The number of amides is 2. The zero-order valence-corrected chi connectivity index (χ0v) is 10.6. The summed E-state index contributed by atoms with van der Waals surface area (Å²) in [5, 5.41) is 6.68. The van der Waals surface area contributed by atoms with E-state index in [1.807, 2.05) is 23.8 Å². The van der Waals surface area contributed by atoms with Gasteiger partial charge in [0.1, 0.15) is 6.04 Å². The molecular weight excluding hydrogens is 236 g/mol. The van der Waals surface area contributed by atoms with Gasteiger partial charge in [0.15, 0.2) is 0 Å². The van der Waals surface area contributed by atoms with Crippen LogP contribution >= 0.6 is 11.3 Å². The average Bonchev–Trinajstić information content (AvgIpc) is 2.78. The van der Waals surface area contributed by atoms with Crippen LogP contribution in [0.15, 0.2) is 16.8 Å². The minimum atomic E-state index is -0.366. The molecular formula is C12H16N2O2S. The highest BCUT2D eigenvalue weighted by Gasteiger charge is 2.29. The quantitative estimate of drug-likeness (QED) is 0.891. The van der Waals surface area contributed by atoms with Crippen LogP contribution in [-0.4, -0.2) is 24.4 Å². The maximum atomic E-state index is 12.3. The summed E-state index contributed by atoms with van der Waals surface area (Å²) in [6, 6.07) is 1.55. The minimum absolute atomic E-state index is 0.0103. The zero-order chi connectivity index (χ0) is 12.3. The maximum absolute atomic E-state index is 12.3. The van der Waals surface area contributed by atoms with Crippen molar-refractivity contribution in [2.24, 2.45) is 0 Å². The van der Waals surface area contributed by atoms with Crippen molar-refractivity contribution in [3.8, 4) is 0 Å². The van der Waals surface area contributed by atoms with Crippen LogP contribution in [0.5, 0.6) is 0 Å². The number of hydrogen-bond donors (Lipinski definition) is 1. The van der Waals surface area contributed by atoms with Crippen LogP contribution in [0, 0.1) is 0 Å². The fourth-order valence-corrected chi connectivity index (χ4v) is 2.63. The van der Waals surface area contributed by atoms with Gasteiger partial charge >= 0.3 is 0 Å². The van der Waals surface area contributed by atoms with E-state index in [9.17, 15) is 9.59 Å². The van der Waals surface area contributed by atoms with Crippen LogP contribution in [0.4, 0.5) is 5.69 Å². The Morgan fingerprint density at radius 1 is 1.53 bits per heavy atom. The van der Waals surface area contributed by atoms with E-state index in [1.165, 1.54) is 0 Å². The molecule has 1 atom stereocenters. The predicted molar refractivity (Wildman–Crippen MR) is 68.1 cm³/mol. The van der Waals surface area contributed by atoms with Crippen LogP contribution in [-0.2, 0) is 9.59 Å². The number of carbonyl (C=O) groups is 2. The Balaban J connectivity index is 2.21. The van der Waals surface area contributed by atoms with Crippen LogP contribution in [0.1, 0.15) is 26.2 Å². The molecule has 0 radical (unpaired) electrons. The summed E-state index contributed by atoms with van der Waals surface area (Å²) in [6.07, 6.45) is 1.96. The fraction of sp³-hybridized carbons (Fsp3) is 0.500. The second-order valence-corrected chi connectivity index (χ2v) is 4.91. The number of nitrogens with one attached hydrogen (secondary N) is 1. The lowest BCUT2D eigenvalue weighted by Crippen LogP contribution is -2.44. The highest BCUT2D eigenvalue weighted by molar-refractivity contribution is 7.08. The Bertz CT molecular complexity index is 403. The molecule has 17 heavy (non-hydrogen) atoms. The van der Waals surface area contributed by atoms with Crippen molar-refractivity contribution < 1.29 is 9.59 Å². The van der Waals surface area contributed by atoms with E-state index in [4.69, 9.17) is 0 Å². The van der Waals surface area contributed by atoms with Gasteiger partial charge in [-0.05, 0) is 17.9 Å². The van der Waals surface area contributed by atoms with Crippen molar-refractivity contribution in [3.05, 3.63) is 16.8 Å². The molecule has 1 aliphatic heterocycles. The van der Waals surface area contributed by atoms with Gasteiger partial charge in [-0.3, -0.25) is 9.59 Å². The van der Waals surface area contributed by atoms with Gasteiger partial charge in [0.2, 0.25) is 11.8 Å². The van der Waals surface area contributed by atoms with Crippen molar-refractivity contribution in [2.75, 3.05) is 11.4 Å². The molecule has 2 rings (SSSR count). The smallest absolute Gasteiger partial charge is 0.249 e. The van der Waals surface area contributed by atoms with Crippen molar-refractivity contribution in [1.29, 1.82) is 0 Å². The predicted octanol–water partition coefficient (Wildman–Crippen LogP) is 1.77. The molecule has 1 aromatic rings. The fourth-order valence-electron chi connectivity index (χ4n) is 1.99. The van der Waals surface area contributed by atoms with Gasteiger partial charge in [-0.15, -0.1) is 0 Å². The molecule has 1 N–H and O–H groups in total. The van der Waals surface area contributed by atoms with E-state index in [2.05, 4.69) is 5.32 Å². The molecule has 1 saturated heterocycles. The summed E-state index contributed by atoms with van der Waals surface area (Å²) in [4.78, 5) is 25.6. The molecule has 0 spiro atoms. The molecule has 0 bridgehead atoms. The van der Waals surface area contributed by atoms with Crippen LogP contribution in [0.25, 0.3) is 0 Å². The first-order chi connectivity index (χ1) is 8.22. The standard InChI is InChI=1S/C12H16N2O2S/c1-2-3-10-12(16)14(6-4-11(15)13-10)9-5-7-17-8-9/h5,7-8,10H,2-4,6H2,1H3,(H,13,15). The van der Waals surface area contributed by atoms with E-state index >= 15 is 0 Å². The van der Waals surface area contributed by atoms with Crippen LogP contribution in [0.2, 0.25) is 0 Å². The normalized spacial score (nSPS) is 21.2. The SMILES string of the molecule is CCCC1NC(=O)CCN(c2ccsc2)C1=O. The second kappa shape index (κ2) is 5.31. The minimum Gasteiger partial charge on any atom is -0.344 e. The lowest BCUT2D eigenvalue weighted by Gasteiger charge is -2.22. The number of thiophene rings is 1. The maximum Gasteiger partial charge on any atom is 0.249 e. The van der Waals surface area contributed by atoms with Gasteiger partial charge in [0.05, 0.1) is 5.69 Å². The van der Waals surface area contributed by atoms with Gasteiger partial charge in [-0.25, -0.2) is 0 Å². The molecule has 5 heteroatoms. The Hall–Kier alpha value is -1.36. The number of nitrogens with zero attached hydrogens (tertiary/aromatic N) is 1.